The van der Waals surface area contributed by atoms with Crippen LogP contribution >= 0.6 is 38.9 Å². The highest BCUT2D eigenvalue weighted by Crippen LogP contribution is 2.34. The Labute approximate surface area is 125 Å². The highest BCUT2D eigenvalue weighted by atomic mass is 79.9. The van der Waals surface area contributed by atoms with Gasteiger partial charge < -0.3 is 5.32 Å². The molecular weight excluding hydrogens is 330 g/mol. The van der Waals surface area contributed by atoms with Crippen molar-refractivity contribution in [3.8, 4) is 0 Å². The van der Waals surface area contributed by atoms with E-state index in [0.717, 1.165) is 21.6 Å². The molecule has 0 spiro atoms. The van der Waals surface area contributed by atoms with Crippen LogP contribution in [-0.4, -0.2) is 6.54 Å². The summed E-state index contributed by atoms with van der Waals surface area (Å²) in [6, 6.07) is 8.53. The molecule has 1 heterocycles. The summed E-state index contributed by atoms with van der Waals surface area (Å²) in [4.78, 5) is 1.30. The zero-order chi connectivity index (χ0) is 13.1. The predicted molar refractivity (Wildman–Crippen MR) is 83.7 cm³/mol. The molecule has 18 heavy (non-hydrogen) atoms. The molecule has 0 saturated heterocycles. The topological polar surface area (TPSA) is 12.0 Å². The maximum absolute atomic E-state index is 6.09. The van der Waals surface area contributed by atoms with E-state index in [9.17, 15) is 0 Å². The largest absolute Gasteiger partial charge is 0.306 e. The summed E-state index contributed by atoms with van der Waals surface area (Å²) in [5.41, 5.74) is 2.37. The van der Waals surface area contributed by atoms with Crippen LogP contribution in [0, 0.1) is 6.92 Å². The van der Waals surface area contributed by atoms with Crippen LogP contribution in [0.15, 0.2) is 34.1 Å². The van der Waals surface area contributed by atoms with Crippen LogP contribution in [0.2, 0.25) is 5.02 Å². The van der Waals surface area contributed by atoms with Gasteiger partial charge in [-0.1, -0.05) is 30.7 Å². The number of benzene rings is 1. The summed E-state index contributed by atoms with van der Waals surface area (Å²) in [6.45, 7) is 5.09. The first-order chi connectivity index (χ1) is 8.63. The van der Waals surface area contributed by atoms with Crippen molar-refractivity contribution in [3.05, 3.63) is 55.1 Å². The summed E-state index contributed by atoms with van der Waals surface area (Å²) in [5.74, 6) is 0. The molecule has 0 aliphatic heterocycles. The van der Waals surface area contributed by atoms with Gasteiger partial charge in [0.05, 0.1) is 6.04 Å². The van der Waals surface area contributed by atoms with E-state index >= 15 is 0 Å². The van der Waals surface area contributed by atoms with Crippen LogP contribution in [0.4, 0.5) is 0 Å². The summed E-state index contributed by atoms with van der Waals surface area (Å²) in [7, 11) is 0. The van der Waals surface area contributed by atoms with Crippen molar-refractivity contribution in [1.82, 2.24) is 5.32 Å². The Bertz CT molecular complexity index is 538. The van der Waals surface area contributed by atoms with Gasteiger partial charge in [0.2, 0.25) is 0 Å². The zero-order valence-electron chi connectivity index (χ0n) is 10.3. The first-order valence-electron chi connectivity index (χ1n) is 5.85. The molecule has 0 aliphatic rings. The number of halogens is 2. The second-order valence-corrected chi connectivity index (χ2v) is 6.34. The monoisotopic (exact) mass is 343 g/mol. The average Bonchev–Trinajstić information content (AvgIpc) is 2.76. The molecule has 0 radical (unpaired) electrons. The smallest absolute Gasteiger partial charge is 0.0682 e. The highest BCUT2D eigenvalue weighted by molar-refractivity contribution is 9.10. The highest BCUT2D eigenvalue weighted by Gasteiger charge is 2.17. The summed E-state index contributed by atoms with van der Waals surface area (Å²) < 4.78 is 1.16. The Morgan fingerprint density at radius 3 is 2.72 bits per heavy atom. The lowest BCUT2D eigenvalue weighted by Gasteiger charge is -2.18. The van der Waals surface area contributed by atoms with Crippen molar-refractivity contribution >= 4 is 38.9 Å². The molecule has 2 rings (SSSR count). The minimum atomic E-state index is 0.223. The first kappa shape index (κ1) is 14.1. The van der Waals surface area contributed by atoms with Crippen molar-refractivity contribution in [2.45, 2.75) is 19.9 Å². The van der Waals surface area contributed by atoms with Crippen molar-refractivity contribution < 1.29 is 0 Å². The third-order valence-corrected chi connectivity index (χ3v) is 5.19. The molecule has 96 valence electrons. The predicted octanol–water partition coefficient (Wildman–Crippen LogP) is 5.17. The maximum atomic E-state index is 6.09. The standard InChI is InChI=1S/C14H15BrClNS/c1-3-17-13(14-11(15)6-7-18-14)10-4-5-12(16)9(2)8-10/h4-8,13,17H,3H2,1-2H3. The van der Waals surface area contributed by atoms with E-state index < -0.39 is 0 Å². The summed E-state index contributed by atoms with van der Waals surface area (Å²) >= 11 is 11.5. The van der Waals surface area contributed by atoms with E-state index in [-0.39, 0.29) is 6.04 Å². The lowest BCUT2D eigenvalue weighted by atomic mass is 10.0. The second-order valence-electron chi connectivity index (χ2n) is 4.13. The van der Waals surface area contributed by atoms with Crippen molar-refractivity contribution in [1.29, 1.82) is 0 Å². The molecular formula is C14H15BrClNS. The number of nitrogens with one attached hydrogen (secondary N) is 1. The Hall–Kier alpha value is -0.350. The van der Waals surface area contributed by atoms with Crippen molar-refractivity contribution in [3.63, 3.8) is 0 Å². The molecule has 1 N–H and O–H groups in total. The third kappa shape index (κ3) is 2.97. The van der Waals surface area contributed by atoms with E-state index in [4.69, 9.17) is 11.6 Å². The summed E-state index contributed by atoms with van der Waals surface area (Å²) in [5, 5.41) is 6.45. The Balaban J connectivity index is 2.41. The molecule has 1 aromatic carbocycles. The lowest BCUT2D eigenvalue weighted by molar-refractivity contribution is 0.637. The SMILES string of the molecule is CCNC(c1ccc(Cl)c(C)c1)c1sccc1Br. The van der Waals surface area contributed by atoms with Gasteiger partial charge in [0.25, 0.3) is 0 Å². The average molecular weight is 345 g/mol. The molecule has 0 amide bonds. The minimum absolute atomic E-state index is 0.223. The normalized spacial score (nSPS) is 12.7. The summed E-state index contributed by atoms with van der Waals surface area (Å²) in [6.07, 6.45) is 0. The molecule has 4 heteroatoms. The van der Waals surface area contributed by atoms with E-state index in [1.807, 2.05) is 13.0 Å². The van der Waals surface area contributed by atoms with Crippen LogP contribution in [0.25, 0.3) is 0 Å². The van der Waals surface area contributed by atoms with E-state index in [1.165, 1.54) is 10.4 Å². The Kier molecular flexibility index (Phi) is 4.84. The third-order valence-electron chi connectivity index (χ3n) is 2.83. The molecule has 0 fully saturated rings. The number of hydrogen-bond acceptors (Lipinski definition) is 2. The molecule has 1 unspecified atom stereocenters. The molecule has 1 aromatic heterocycles. The fourth-order valence-corrected chi connectivity index (χ4v) is 3.75. The van der Waals surface area contributed by atoms with Crippen LogP contribution in [0.3, 0.4) is 0 Å². The molecule has 0 saturated carbocycles. The number of hydrogen-bond donors (Lipinski definition) is 1. The zero-order valence-corrected chi connectivity index (χ0v) is 13.5. The number of aryl methyl sites for hydroxylation is 1. The van der Waals surface area contributed by atoms with E-state index in [2.05, 4.69) is 51.7 Å². The fraction of sp³-hybridized carbons (Fsp3) is 0.286. The lowest BCUT2D eigenvalue weighted by Crippen LogP contribution is -2.21. The first-order valence-corrected chi connectivity index (χ1v) is 7.91. The minimum Gasteiger partial charge on any atom is -0.306 e. The quantitative estimate of drug-likeness (QED) is 0.806. The van der Waals surface area contributed by atoms with Crippen molar-refractivity contribution in [2.75, 3.05) is 6.54 Å². The van der Waals surface area contributed by atoms with Crippen molar-refractivity contribution in [2.24, 2.45) is 0 Å². The molecule has 1 nitrogen and oxygen atoms in total. The van der Waals surface area contributed by atoms with Crippen LogP contribution in [-0.2, 0) is 0 Å². The second kappa shape index (κ2) is 6.20. The van der Waals surface area contributed by atoms with E-state index in [1.54, 1.807) is 11.3 Å². The van der Waals surface area contributed by atoms with Gasteiger partial charge in [0, 0.05) is 14.4 Å². The molecule has 1 atom stereocenters. The van der Waals surface area contributed by atoms with Gasteiger partial charge in [-0.3, -0.25) is 0 Å². The van der Waals surface area contributed by atoms with Crippen LogP contribution in [0.1, 0.15) is 29.0 Å². The molecule has 2 aromatic rings. The number of rotatable bonds is 4. The van der Waals surface area contributed by atoms with Gasteiger partial charge in [0.1, 0.15) is 0 Å². The van der Waals surface area contributed by atoms with Gasteiger partial charge in [-0.2, -0.15) is 0 Å². The Morgan fingerprint density at radius 2 is 2.17 bits per heavy atom. The van der Waals surface area contributed by atoms with Gasteiger partial charge >= 0.3 is 0 Å². The van der Waals surface area contributed by atoms with Gasteiger partial charge in [-0.05, 0) is 58.0 Å². The van der Waals surface area contributed by atoms with E-state index in [0.29, 0.717) is 0 Å². The van der Waals surface area contributed by atoms with Gasteiger partial charge in [-0.25, -0.2) is 0 Å². The molecule has 0 bridgehead atoms. The molecule has 0 aliphatic carbocycles. The number of thiophene rings is 1. The van der Waals surface area contributed by atoms with Crippen LogP contribution < -0.4 is 5.32 Å². The Morgan fingerprint density at radius 1 is 1.39 bits per heavy atom. The maximum Gasteiger partial charge on any atom is 0.0682 e. The van der Waals surface area contributed by atoms with Gasteiger partial charge in [-0.15, -0.1) is 11.3 Å². The fourth-order valence-electron chi connectivity index (χ4n) is 1.92. The van der Waals surface area contributed by atoms with Gasteiger partial charge in [0.15, 0.2) is 0 Å². The van der Waals surface area contributed by atoms with Crippen LogP contribution in [0.5, 0.6) is 0 Å².